The lowest BCUT2D eigenvalue weighted by molar-refractivity contribution is -0.152. The summed E-state index contributed by atoms with van der Waals surface area (Å²) in [5.74, 6) is -2.96. The van der Waals surface area contributed by atoms with Crippen LogP contribution in [0.25, 0.3) is 0 Å². The third kappa shape index (κ3) is 8.85. The molecule has 0 bridgehead atoms. The minimum absolute atomic E-state index is 0.0522. The average Bonchev–Trinajstić information content (AvgIpc) is 3.74. The number of carbonyl (C=O) groups is 5. The van der Waals surface area contributed by atoms with E-state index in [1.807, 2.05) is 0 Å². The van der Waals surface area contributed by atoms with Crippen LogP contribution >= 0.6 is 0 Å². The second-order valence-corrected chi connectivity index (χ2v) is 11.3. The molecule has 1 aliphatic rings. The van der Waals surface area contributed by atoms with E-state index in [0.29, 0.717) is 18.4 Å². The first-order valence-electron chi connectivity index (χ1n) is 14.2. The lowest BCUT2D eigenvalue weighted by Gasteiger charge is -2.35. The highest BCUT2D eigenvalue weighted by Crippen LogP contribution is 2.37. The first-order valence-corrected chi connectivity index (χ1v) is 14.2. The van der Waals surface area contributed by atoms with Crippen LogP contribution in [-0.4, -0.2) is 65.9 Å². The van der Waals surface area contributed by atoms with Gasteiger partial charge in [0.1, 0.15) is 11.8 Å². The van der Waals surface area contributed by atoms with E-state index in [4.69, 9.17) is 16.2 Å². The third-order valence-electron chi connectivity index (χ3n) is 7.59. The van der Waals surface area contributed by atoms with Gasteiger partial charge in [0.05, 0.1) is 25.2 Å². The van der Waals surface area contributed by atoms with Crippen LogP contribution in [0.4, 0.5) is 0 Å². The van der Waals surface area contributed by atoms with Gasteiger partial charge >= 0.3 is 5.97 Å². The molecule has 12 nitrogen and oxygen atoms in total. The van der Waals surface area contributed by atoms with Gasteiger partial charge in [0, 0.05) is 6.42 Å². The third-order valence-corrected chi connectivity index (χ3v) is 7.59. The summed E-state index contributed by atoms with van der Waals surface area (Å²) < 4.78 is 5.11. The van der Waals surface area contributed by atoms with Gasteiger partial charge in [0.2, 0.25) is 17.7 Å². The second-order valence-electron chi connectivity index (χ2n) is 11.3. The molecule has 2 aromatic carbocycles. The number of phenolic OH excluding ortho intramolecular Hbond substituents is 1. The summed E-state index contributed by atoms with van der Waals surface area (Å²) in [6.45, 7) is 2.75. The molecule has 0 radical (unpaired) electrons. The number of amides is 3. The Kier molecular flexibility index (Phi) is 11.0. The smallest absolute Gasteiger partial charge is 0.336 e. The highest BCUT2D eigenvalue weighted by molar-refractivity contribution is 5.94. The van der Waals surface area contributed by atoms with Gasteiger partial charge < -0.3 is 37.3 Å². The number of Topliss-reactive ketones (excluding diaryl/α,β-unsaturated/α-hetero) is 1. The molecule has 0 aliphatic heterocycles. The number of esters is 1. The standard InChI is InChI=1S/C31H41N5O7/c1-19(15-25(38)30(33)13-14-30)17-31(29(42)43-3,22-7-5-4-6-8-22)36-26(39)18-34-27(40)20(2)35-28(41)24(32)16-21-9-11-23(37)12-10-21/h4-12,19-20,24,37H,13-18,32-33H2,1-3H3,(H,34,40)(H,35,41)(H,36,39)/t19?,20-,24+,31-/m1/s1. The van der Waals surface area contributed by atoms with Crippen molar-refractivity contribution >= 4 is 29.5 Å². The van der Waals surface area contributed by atoms with Crippen molar-refractivity contribution in [2.45, 2.75) is 69.1 Å². The molecule has 43 heavy (non-hydrogen) atoms. The van der Waals surface area contributed by atoms with Crippen LogP contribution < -0.4 is 27.4 Å². The highest BCUT2D eigenvalue weighted by Gasteiger charge is 2.48. The number of hydrogen-bond acceptors (Lipinski definition) is 9. The maximum atomic E-state index is 13.3. The summed E-state index contributed by atoms with van der Waals surface area (Å²) in [6, 6.07) is 12.8. The van der Waals surface area contributed by atoms with Crippen molar-refractivity contribution in [2.24, 2.45) is 17.4 Å². The van der Waals surface area contributed by atoms with Crippen LogP contribution in [-0.2, 0) is 40.7 Å². The summed E-state index contributed by atoms with van der Waals surface area (Å²) >= 11 is 0. The average molecular weight is 596 g/mol. The van der Waals surface area contributed by atoms with Crippen molar-refractivity contribution < 1.29 is 33.8 Å². The zero-order valence-corrected chi connectivity index (χ0v) is 24.7. The van der Waals surface area contributed by atoms with Crippen LogP contribution in [0.1, 0.15) is 50.7 Å². The summed E-state index contributed by atoms with van der Waals surface area (Å²) in [5.41, 5.74) is 10.8. The van der Waals surface area contributed by atoms with Crippen molar-refractivity contribution in [3.8, 4) is 5.75 Å². The number of carbonyl (C=O) groups excluding carboxylic acids is 5. The summed E-state index contributed by atoms with van der Waals surface area (Å²) in [5, 5.41) is 17.1. The molecular formula is C31H41N5O7. The van der Waals surface area contributed by atoms with E-state index in [9.17, 15) is 29.1 Å². The van der Waals surface area contributed by atoms with E-state index in [1.54, 1.807) is 49.4 Å². The molecule has 0 heterocycles. The Morgan fingerprint density at radius 3 is 2.21 bits per heavy atom. The van der Waals surface area contributed by atoms with Gasteiger partial charge in [-0.05, 0) is 61.8 Å². The van der Waals surface area contributed by atoms with Crippen LogP contribution in [0, 0.1) is 5.92 Å². The van der Waals surface area contributed by atoms with E-state index in [0.717, 1.165) is 5.56 Å². The summed E-state index contributed by atoms with van der Waals surface area (Å²) in [7, 11) is 1.21. The van der Waals surface area contributed by atoms with E-state index >= 15 is 0 Å². The largest absolute Gasteiger partial charge is 0.508 e. The SMILES string of the molecule is COC(=O)[C@](CC(C)CC(=O)C1(N)CC1)(NC(=O)CNC(=O)[C@@H](C)NC(=O)[C@@H](N)Cc1ccc(O)cc1)c1ccccc1. The van der Waals surface area contributed by atoms with E-state index in [1.165, 1.54) is 26.2 Å². The quantitative estimate of drug-likeness (QED) is 0.159. The lowest BCUT2D eigenvalue weighted by Crippen LogP contribution is -2.56. The number of rotatable bonds is 15. The van der Waals surface area contributed by atoms with Crippen LogP contribution in [0.15, 0.2) is 54.6 Å². The zero-order chi connectivity index (χ0) is 31.8. The fourth-order valence-corrected chi connectivity index (χ4v) is 4.89. The number of nitrogens with one attached hydrogen (secondary N) is 3. The first-order chi connectivity index (χ1) is 20.3. The number of ether oxygens (including phenoxy) is 1. The topological polar surface area (TPSA) is 203 Å². The zero-order valence-electron chi connectivity index (χ0n) is 24.7. The summed E-state index contributed by atoms with van der Waals surface area (Å²) in [4.78, 5) is 64.3. The molecule has 0 spiro atoms. The van der Waals surface area contributed by atoms with Gasteiger partial charge in [-0.3, -0.25) is 19.2 Å². The Labute approximate surface area is 250 Å². The van der Waals surface area contributed by atoms with E-state index < -0.39 is 53.4 Å². The van der Waals surface area contributed by atoms with Crippen molar-refractivity contribution in [1.29, 1.82) is 0 Å². The maximum Gasteiger partial charge on any atom is 0.336 e. The fraction of sp³-hybridized carbons (Fsp3) is 0.452. The van der Waals surface area contributed by atoms with Crippen molar-refractivity contribution in [3.05, 3.63) is 65.7 Å². The molecule has 3 amide bonds. The Balaban J connectivity index is 1.64. The van der Waals surface area contributed by atoms with Gasteiger partial charge in [-0.1, -0.05) is 49.4 Å². The number of hydrogen-bond donors (Lipinski definition) is 6. The Morgan fingerprint density at radius 2 is 1.63 bits per heavy atom. The number of aromatic hydroxyl groups is 1. The van der Waals surface area contributed by atoms with Gasteiger partial charge in [0.25, 0.3) is 0 Å². The van der Waals surface area contributed by atoms with Crippen molar-refractivity contribution in [3.63, 3.8) is 0 Å². The normalized spacial score (nSPS) is 16.9. The van der Waals surface area contributed by atoms with E-state index in [2.05, 4.69) is 16.0 Å². The monoisotopic (exact) mass is 595 g/mol. The fourth-order valence-electron chi connectivity index (χ4n) is 4.89. The molecule has 1 saturated carbocycles. The van der Waals surface area contributed by atoms with Crippen LogP contribution in [0.5, 0.6) is 5.75 Å². The Bertz CT molecular complexity index is 1310. The second kappa shape index (κ2) is 14.3. The predicted octanol–water partition coefficient (Wildman–Crippen LogP) is 0.544. The van der Waals surface area contributed by atoms with Gasteiger partial charge in [-0.15, -0.1) is 0 Å². The minimum Gasteiger partial charge on any atom is -0.508 e. The molecule has 8 N–H and O–H groups in total. The molecular weight excluding hydrogens is 554 g/mol. The molecule has 2 aromatic rings. The van der Waals surface area contributed by atoms with Gasteiger partial charge in [0.15, 0.2) is 11.3 Å². The number of ketones is 1. The minimum atomic E-state index is -1.64. The molecule has 12 heteroatoms. The molecule has 232 valence electrons. The highest BCUT2D eigenvalue weighted by atomic mass is 16.5. The predicted molar refractivity (Wildman–Crippen MR) is 158 cm³/mol. The molecule has 1 aliphatic carbocycles. The molecule has 4 atom stereocenters. The van der Waals surface area contributed by atoms with Crippen LogP contribution in [0.3, 0.4) is 0 Å². The maximum absolute atomic E-state index is 13.3. The van der Waals surface area contributed by atoms with E-state index in [-0.39, 0.29) is 36.7 Å². The number of phenols is 1. The van der Waals surface area contributed by atoms with Gasteiger partial charge in [-0.25, -0.2) is 4.79 Å². The molecule has 3 rings (SSSR count). The molecule has 1 unspecified atom stereocenters. The van der Waals surface area contributed by atoms with Crippen molar-refractivity contribution in [1.82, 2.24) is 16.0 Å². The number of nitrogens with two attached hydrogens (primary N) is 2. The summed E-state index contributed by atoms with van der Waals surface area (Å²) in [6.07, 6.45) is 1.61. The van der Waals surface area contributed by atoms with Crippen LogP contribution in [0.2, 0.25) is 0 Å². The number of methoxy groups -OCH3 is 1. The number of benzene rings is 2. The first kappa shape index (κ1) is 33.2. The Hall–Kier alpha value is -4.29. The molecule has 0 aromatic heterocycles. The lowest BCUT2D eigenvalue weighted by atomic mass is 9.79. The molecule has 1 fully saturated rings. The Morgan fingerprint density at radius 1 is 1.00 bits per heavy atom. The molecule has 0 saturated heterocycles. The van der Waals surface area contributed by atoms with Gasteiger partial charge in [-0.2, -0.15) is 0 Å². The van der Waals surface area contributed by atoms with Crippen molar-refractivity contribution in [2.75, 3.05) is 13.7 Å².